The van der Waals surface area contributed by atoms with E-state index in [0.29, 0.717) is 29.9 Å². The van der Waals surface area contributed by atoms with Crippen molar-refractivity contribution < 1.29 is 4.74 Å². The lowest BCUT2D eigenvalue weighted by Crippen LogP contribution is -2.09. The number of hydrogen-bond donors (Lipinski definition) is 1. The largest absolute Gasteiger partial charge is 0.476 e. The zero-order valence-corrected chi connectivity index (χ0v) is 12.0. The van der Waals surface area contributed by atoms with Crippen LogP contribution in [0.2, 0.25) is 0 Å². The first kappa shape index (κ1) is 13.4. The molecule has 0 fully saturated rings. The summed E-state index contributed by atoms with van der Waals surface area (Å²) in [6.07, 6.45) is 0. The third kappa shape index (κ3) is 2.65. The minimum atomic E-state index is 0.405. The molecule has 0 atom stereocenters. The van der Waals surface area contributed by atoms with E-state index in [2.05, 4.69) is 29.1 Å². The number of aromatic nitrogens is 4. The predicted octanol–water partition coefficient (Wildman–Crippen LogP) is 2.43. The van der Waals surface area contributed by atoms with Crippen molar-refractivity contribution in [2.45, 2.75) is 13.8 Å². The van der Waals surface area contributed by atoms with Gasteiger partial charge in [0.1, 0.15) is 5.52 Å². The molecule has 3 rings (SSSR count). The second kappa shape index (κ2) is 5.40. The van der Waals surface area contributed by atoms with Crippen molar-refractivity contribution in [3.05, 3.63) is 36.4 Å². The Morgan fingerprint density at radius 2 is 2.00 bits per heavy atom. The fraction of sp³-hybridized carbons (Fsp3) is 0.267. The molecule has 0 saturated heterocycles. The van der Waals surface area contributed by atoms with Gasteiger partial charge in [0.05, 0.1) is 17.8 Å². The van der Waals surface area contributed by atoms with Gasteiger partial charge in [-0.25, -0.2) is 0 Å². The van der Waals surface area contributed by atoms with Gasteiger partial charge < -0.3 is 10.5 Å². The highest BCUT2D eigenvalue weighted by molar-refractivity contribution is 5.75. The lowest BCUT2D eigenvalue weighted by atomic mass is 10.2. The molecule has 0 aliphatic carbocycles. The van der Waals surface area contributed by atoms with Gasteiger partial charge in [0.2, 0.25) is 5.88 Å². The molecular formula is C15H17N5O. The van der Waals surface area contributed by atoms with Crippen LogP contribution < -0.4 is 10.5 Å². The molecule has 2 heterocycles. The van der Waals surface area contributed by atoms with Crippen molar-refractivity contribution in [2.24, 2.45) is 5.92 Å². The number of rotatable bonds is 4. The molecule has 0 unspecified atom stereocenters. The van der Waals surface area contributed by atoms with Crippen LogP contribution in [0.3, 0.4) is 0 Å². The third-order valence-electron chi connectivity index (χ3n) is 3.00. The lowest BCUT2D eigenvalue weighted by Gasteiger charge is -2.11. The summed E-state index contributed by atoms with van der Waals surface area (Å²) in [5, 5.41) is 8.26. The molecule has 0 saturated carbocycles. The van der Waals surface area contributed by atoms with Crippen molar-refractivity contribution >= 4 is 16.7 Å². The summed E-state index contributed by atoms with van der Waals surface area (Å²) in [6, 6.07) is 11.3. The van der Waals surface area contributed by atoms with Gasteiger partial charge in [-0.05, 0) is 30.2 Å². The number of benzene rings is 1. The average Bonchev–Trinajstić information content (AvgIpc) is 2.90. The highest BCUT2D eigenvalue weighted by Gasteiger charge is 2.10. The first-order valence-electron chi connectivity index (χ1n) is 6.85. The molecule has 0 spiro atoms. The van der Waals surface area contributed by atoms with Crippen LogP contribution >= 0.6 is 0 Å². The Balaban J connectivity index is 2.00. The monoisotopic (exact) mass is 283 g/mol. The van der Waals surface area contributed by atoms with E-state index in [9.17, 15) is 0 Å². The van der Waals surface area contributed by atoms with E-state index < -0.39 is 0 Å². The van der Waals surface area contributed by atoms with Gasteiger partial charge in [0.15, 0.2) is 5.82 Å². The highest BCUT2D eigenvalue weighted by atomic mass is 16.5. The van der Waals surface area contributed by atoms with Crippen LogP contribution in [0.15, 0.2) is 36.4 Å². The molecule has 6 nitrogen and oxygen atoms in total. The molecule has 1 aromatic carbocycles. The van der Waals surface area contributed by atoms with E-state index in [1.807, 2.05) is 24.3 Å². The first-order valence-corrected chi connectivity index (χ1v) is 6.85. The predicted molar refractivity (Wildman–Crippen MR) is 81.4 cm³/mol. The molecule has 21 heavy (non-hydrogen) atoms. The smallest absolute Gasteiger partial charge is 0.239 e. The number of nitrogens with two attached hydrogens (primary N) is 1. The number of nitrogens with zero attached hydrogens (tertiary/aromatic N) is 4. The second-order valence-corrected chi connectivity index (χ2v) is 5.26. The van der Waals surface area contributed by atoms with Gasteiger partial charge in [0, 0.05) is 0 Å². The molecule has 108 valence electrons. The van der Waals surface area contributed by atoms with Crippen molar-refractivity contribution in [3.8, 4) is 11.7 Å². The fourth-order valence-corrected chi connectivity index (χ4v) is 1.96. The SMILES string of the molecule is CC(C)COc1nc(-n2nnc3ccccc32)ccc1N. The van der Waals surface area contributed by atoms with E-state index >= 15 is 0 Å². The van der Waals surface area contributed by atoms with Gasteiger partial charge in [-0.15, -0.1) is 5.10 Å². The summed E-state index contributed by atoms with van der Waals surface area (Å²) in [5.41, 5.74) is 8.14. The van der Waals surface area contributed by atoms with Gasteiger partial charge >= 0.3 is 0 Å². The molecule has 0 radical (unpaired) electrons. The normalized spacial score (nSPS) is 11.2. The van der Waals surface area contributed by atoms with E-state index in [0.717, 1.165) is 11.0 Å². The Morgan fingerprint density at radius 3 is 2.81 bits per heavy atom. The Hall–Kier alpha value is -2.63. The van der Waals surface area contributed by atoms with Gasteiger partial charge in [-0.3, -0.25) is 0 Å². The summed E-state index contributed by atoms with van der Waals surface area (Å²) in [7, 11) is 0. The topological polar surface area (TPSA) is 78.8 Å². The number of pyridine rings is 1. The number of fused-ring (bicyclic) bond motifs is 1. The number of nitrogen functional groups attached to an aromatic ring is 1. The van der Waals surface area contributed by atoms with Gasteiger partial charge in [0.25, 0.3) is 0 Å². The van der Waals surface area contributed by atoms with Crippen LogP contribution in [-0.4, -0.2) is 26.6 Å². The van der Waals surface area contributed by atoms with Crippen LogP contribution in [0.1, 0.15) is 13.8 Å². The molecule has 2 aromatic heterocycles. The summed E-state index contributed by atoms with van der Waals surface area (Å²) in [6.45, 7) is 4.72. The van der Waals surface area contributed by atoms with E-state index in [1.54, 1.807) is 16.8 Å². The summed E-state index contributed by atoms with van der Waals surface area (Å²) in [4.78, 5) is 4.45. The molecule has 6 heteroatoms. The summed E-state index contributed by atoms with van der Waals surface area (Å²) >= 11 is 0. The minimum Gasteiger partial charge on any atom is -0.476 e. The molecule has 0 aliphatic rings. The van der Waals surface area contributed by atoms with Gasteiger partial charge in [-0.2, -0.15) is 9.67 Å². The van der Waals surface area contributed by atoms with Crippen LogP contribution in [0, 0.1) is 5.92 Å². The standard InChI is InChI=1S/C15H17N5O/c1-10(2)9-21-15-11(16)7-8-14(17-15)20-13-6-4-3-5-12(13)18-19-20/h3-8,10H,9,16H2,1-2H3. The molecule has 0 aliphatic heterocycles. The third-order valence-corrected chi connectivity index (χ3v) is 3.00. The number of ether oxygens (including phenoxy) is 1. The number of hydrogen-bond acceptors (Lipinski definition) is 5. The zero-order chi connectivity index (χ0) is 14.8. The summed E-state index contributed by atoms with van der Waals surface area (Å²) < 4.78 is 7.33. The first-order chi connectivity index (χ1) is 10.1. The fourth-order valence-electron chi connectivity index (χ4n) is 1.96. The Labute approximate surface area is 122 Å². The molecule has 0 bridgehead atoms. The lowest BCUT2D eigenvalue weighted by molar-refractivity contribution is 0.262. The average molecular weight is 283 g/mol. The Kier molecular flexibility index (Phi) is 3.43. The maximum atomic E-state index is 5.91. The Morgan fingerprint density at radius 1 is 1.19 bits per heavy atom. The van der Waals surface area contributed by atoms with Crippen LogP contribution in [-0.2, 0) is 0 Å². The maximum Gasteiger partial charge on any atom is 0.239 e. The second-order valence-electron chi connectivity index (χ2n) is 5.26. The van der Waals surface area contributed by atoms with E-state index in [4.69, 9.17) is 10.5 Å². The quantitative estimate of drug-likeness (QED) is 0.795. The van der Waals surface area contributed by atoms with Crippen molar-refractivity contribution in [2.75, 3.05) is 12.3 Å². The minimum absolute atomic E-state index is 0.405. The van der Waals surface area contributed by atoms with Gasteiger partial charge in [-0.1, -0.05) is 31.2 Å². The molecule has 3 aromatic rings. The molecular weight excluding hydrogens is 266 g/mol. The number of para-hydroxylation sites is 1. The zero-order valence-electron chi connectivity index (χ0n) is 12.0. The maximum absolute atomic E-state index is 5.91. The van der Waals surface area contributed by atoms with Crippen molar-refractivity contribution in [1.29, 1.82) is 0 Å². The molecule has 2 N–H and O–H groups in total. The molecule has 0 amide bonds. The highest BCUT2D eigenvalue weighted by Crippen LogP contribution is 2.22. The van der Waals surface area contributed by atoms with Crippen LogP contribution in [0.25, 0.3) is 16.9 Å². The van der Waals surface area contributed by atoms with Crippen molar-refractivity contribution in [3.63, 3.8) is 0 Å². The number of anilines is 1. The summed E-state index contributed by atoms with van der Waals surface area (Å²) in [5.74, 6) is 1.47. The Bertz CT molecular complexity index is 766. The van der Waals surface area contributed by atoms with E-state index in [1.165, 1.54) is 0 Å². The van der Waals surface area contributed by atoms with Crippen molar-refractivity contribution in [1.82, 2.24) is 20.0 Å². The van der Waals surface area contributed by atoms with E-state index in [-0.39, 0.29) is 0 Å². The van der Waals surface area contributed by atoms with Crippen LogP contribution in [0.5, 0.6) is 5.88 Å². The van der Waals surface area contributed by atoms with Crippen LogP contribution in [0.4, 0.5) is 5.69 Å².